The van der Waals surface area contributed by atoms with Crippen molar-refractivity contribution in [1.29, 1.82) is 0 Å². The average Bonchev–Trinajstić information content (AvgIpc) is 3.05. The molecular weight excluding hydrogens is 254 g/mol. The zero-order valence-corrected chi connectivity index (χ0v) is 12.7. The quantitative estimate of drug-likeness (QED) is 0.898. The summed E-state index contributed by atoms with van der Waals surface area (Å²) >= 11 is 1.80. The molecule has 0 radical (unpaired) electrons. The van der Waals surface area contributed by atoms with Gasteiger partial charge >= 0.3 is 0 Å². The van der Waals surface area contributed by atoms with Crippen LogP contribution >= 0.6 is 11.3 Å². The van der Waals surface area contributed by atoms with E-state index in [0.29, 0.717) is 0 Å². The molecule has 1 aliphatic carbocycles. The van der Waals surface area contributed by atoms with Gasteiger partial charge < -0.3 is 5.32 Å². The van der Waals surface area contributed by atoms with Gasteiger partial charge in [-0.1, -0.05) is 19.8 Å². The van der Waals surface area contributed by atoms with Crippen molar-refractivity contribution in [3.05, 3.63) is 16.1 Å². The minimum absolute atomic E-state index is 0.854. The van der Waals surface area contributed by atoms with Crippen molar-refractivity contribution in [2.24, 2.45) is 5.92 Å². The topological polar surface area (TPSA) is 28.2 Å². The maximum absolute atomic E-state index is 4.76. The van der Waals surface area contributed by atoms with Crippen LogP contribution in [0.5, 0.6) is 0 Å². The maximum Gasteiger partial charge on any atom is 0.107 e. The van der Waals surface area contributed by atoms with E-state index >= 15 is 0 Å². The molecule has 2 aliphatic rings. The second-order valence-corrected chi connectivity index (χ2v) is 6.83. The van der Waals surface area contributed by atoms with E-state index in [2.05, 4.69) is 22.5 Å². The molecule has 2 atom stereocenters. The highest BCUT2D eigenvalue weighted by Gasteiger charge is 2.35. The van der Waals surface area contributed by atoms with Crippen molar-refractivity contribution in [1.82, 2.24) is 15.2 Å². The van der Waals surface area contributed by atoms with Gasteiger partial charge in [0.1, 0.15) is 5.01 Å². The molecule has 2 heterocycles. The number of nitrogens with one attached hydrogen (secondary N) is 1. The number of hydrogen-bond acceptors (Lipinski definition) is 4. The van der Waals surface area contributed by atoms with Crippen LogP contribution in [0, 0.1) is 5.92 Å². The Balaban J connectivity index is 1.57. The molecule has 2 unspecified atom stereocenters. The predicted octanol–water partition coefficient (Wildman–Crippen LogP) is 3.02. The molecular formula is C15H25N3S. The first-order chi connectivity index (χ1) is 9.36. The van der Waals surface area contributed by atoms with Gasteiger partial charge in [0.25, 0.3) is 0 Å². The number of hydrogen-bond donors (Lipinski definition) is 1. The Kier molecular flexibility index (Phi) is 4.51. The lowest BCUT2D eigenvalue weighted by molar-refractivity contribution is 0.174. The number of thiazole rings is 1. The third-order valence-corrected chi connectivity index (χ3v) is 5.51. The smallest absolute Gasteiger partial charge is 0.107 e. The number of nitrogens with zero attached hydrogens (tertiary/aromatic N) is 2. The van der Waals surface area contributed by atoms with Gasteiger partial charge in [0.2, 0.25) is 0 Å². The molecule has 2 fully saturated rings. The summed E-state index contributed by atoms with van der Waals surface area (Å²) in [6, 6.07) is 0.854. The van der Waals surface area contributed by atoms with Gasteiger partial charge in [-0.25, -0.2) is 4.98 Å². The van der Waals surface area contributed by atoms with Crippen LogP contribution in [0.4, 0.5) is 0 Å². The molecule has 1 aromatic heterocycles. The molecule has 3 rings (SSSR count). The van der Waals surface area contributed by atoms with Crippen LogP contribution in [0.15, 0.2) is 5.38 Å². The van der Waals surface area contributed by atoms with Gasteiger partial charge in [0.15, 0.2) is 0 Å². The molecule has 1 N–H and O–H groups in total. The van der Waals surface area contributed by atoms with E-state index in [-0.39, 0.29) is 0 Å². The first-order valence-electron chi connectivity index (χ1n) is 7.75. The first kappa shape index (κ1) is 13.5. The zero-order valence-electron chi connectivity index (χ0n) is 11.9. The molecule has 0 amide bonds. The third kappa shape index (κ3) is 3.18. The van der Waals surface area contributed by atoms with Crippen molar-refractivity contribution in [3.8, 4) is 0 Å². The molecule has 1 saturated heterocycles. The Labute approximate surface area is 120 Å². The fourth-order valence-corrected chi connectivity index (χ4v) is 4.40. The Morgan fingerprint density at radius 3 is 3.16 bits per heavy atom. The van der Waals surface area contributed by atoms with Crippen LogP contribution in [-0.2, 0) is 13.1 Å². The number of likely N-dealkylation sites (tertiary alicyclic amines) is 1. The molecule has 0 aromatic carbocycles. The third-order valence-electron chi connectivity index (χ3n) is 4.62. The molecule has 1 aliphatic heterocycles. The van der Waals surface area contributed by atoms with Gasteiger partial charge in [0.05, 0.1) is 5.69 Å². The monoisotopic (exact) mass is 279 g/mol. The molecule has 106 valence electrons. The summed E-state index contributed by atoms with van der Waals surface area (Å²) < 4.78 is 0. The fraction of sp³-hybridized carbons (Fsp3) is 0.800. The predicted molar refractivity (Wildman–Crippen MR) is 80.3 cm³/mol. The van der Waals surface area contributed by atoms with E-state index in [1.54, 1.807) is 11.3 Å². The minimum atomic E-state index is 0.854. The summed E-state index contributed by atoms with van der Waals surface area (Å²) in [5, 5.41) is 6.84. The number of aromatic nitrogens is 1. The molecule has 1 aromatic rings. The Bertz CT molecular complexity index is 404. The van der Waals surface area contributed by atoms with Crippen LogP contribution in [-0.4, -0.2) is 29.0 Å². The van der Waals surface area contributed by atoms with Crippen molar-refractivity contribution < 1.29 is 0 Å². The fourth-order valence-electron chi connectivity index (χ4n) is 3.64. The van der Waals surface area contributed by atoms with Crippen molar-refractivity contribution >= 4 is 11.3 Å². The largest absolute Gasteiger partial charge is 0.311 e. The van der Waals surface area contributed by atoms with E-state index in [1.807, 2.05) is 0 Å². The number of fused-ring (bicyclic) bond motifs is 1. The second kappa shape index (κ2) is 6.33. The van der Waals surface area contributed by atoms with Crippen molar-refractivity contribution in [2.45, 2.75) is 58.2 Å². The van der Waals surface area contributed by atoms with Crippen LogP contribution < -0.4 is 5.32 Å². The SMILES string of the molecule is CCNCc1nc(CN2CCC3CCCCC32)cs1. The van der Waals surface area contributed by atoms with Crippen LogP contribution in [0.2, 0.25) is 0 Å². The highest BCUT2D eigenvalue weighted by molar-refractivity contribution is 7.09. The van der Waals surface area contributed by atoms with Gasteiger partial charge in [-0.05, 0) is 38.3 Å². The molecule has 4 heteroatoms. The summed E-state index contributed by atoms with van der Waals surface area (Å²) in [4.78, 5) is 7.45. The van der Waals surface area contributed by atoms with Gasteiger partial charge in [-0.15, -0.1) is 11.3 Å². The summed E-state index contributed by atoms with van der Waals surface area (Å²) in [6.45, 7) is 6.44. The summed E-state index contributed by atoms with van der Waals surface area (Å²) in [7, 11) is 0. The van der Waals surface area contributed by atoms with Gasteiger partial charge in [-0.3, -0.25) is 4.90 Å². The van der Waals surface area contributed by atoms with Gasteiger partial charge in [0, 0.05) is 24.5 Å². The minimum Gasteiger partial charge on any atom is -0.311 e. The highest BCUT2D eigenvalue weighted by Crippen LogP contribution is 2.36. The van der Waals surface area contributed by atoms with Crippen LogP contribution in [0.3, 0.4) is 0 Å². The Morgan fingerprint density at radius 2 is 2.26 bits per heavy atom. The van der Waals surface area contributed by atoms with Crippen LogP contribution in [0.25, 0.3) is 0 Å². The molecule has 0 spiro atoms. The molecule has 1 saturated carbocycles. The zero-order chi connectivity index (χ0) is 13.1. The normalized spacial score (nSPS) is 27.6. The van der Waals surface area contributed by atoms with E-state index in [0.717, 1.165) is 31.6 Å². The van der Waals surface area contributed by atoms with Crippen molar-refractivity contribution in [2.75, 3.05) is 13.1 Å². The van der Waals surface area contributed by atoms with E-state index < -0.39 is 0 Å². The van der Waals surface area contributed by atoms with E-state index in [4.69, 9.17) is 4.98 Å². The molecule has 0 bridgehead atoms. The molecule has 3 nitrogen and oxygen atoms in total. The average molecular weight is 279 g/mol. The van der Waals surface area contributed by atoms with Crippen molar-refractivity contribution in [3.63, 3.8) is 0 Å². The lowest BCUT2D eigenvalue weighted by atomic mass is 9.85. The summed E-state index contributed by atoms with van der Waals surface area (Å²) in [6.07, 6.45) is 7.18. The lowest BCUT2D eigenvalue weighted by Crippen LogP contribution is -2.34. The molecule has 19 heavy (non-hydrogen) atoms. The van der Waals surface area contributed by atoms with E-state index in [1.165, 1.54) is 49.4 Å². The summed E-state index contributed by atoms with van der Waals surface area (Å²) in [5.74, 6) is 0.980. The Hall–Kier alpha value is -0.450. The second-order valence-electron chi connectivity index (χ2n) is 5.88. The van der Waals surface area contributed by atoms with E-state index in [9.17, 15) is 0 Å². The first-order valence-corrected chi connectivity index (χ1v) is 8.63. The number of rotatable bonds is 5. The lowest BCUT2D eigenvalue weighted by Gasteiger charge is -2.31. The highest BCUT2D eigenvalue weighted by atomic mass is 32.1. The summed E-state index contributed by atoms with van der Waals surface area (Å²) in [5.41, 5.74) is 1.28. The Morgan fingerprint density at radius 1 is 1.37 bits per heavy atom. The standard InChI is InChI=1S/C15H25N3S/c1-2-16-9-15-17-13(11-19-15)10-18-8-7-12-5-3-4-6-14(12)18/h11-12,14,16H,2-10H2,1H3. The van der Waals surface area contributed by atoms with Gasteiger partial charge in [-0.2, -0.15) is 0 Å². The maximum atomic E-state index is 4.76. The van der Waals surface area contributed by atoms with Crippen LogP contribution in [0.1, 0.15) is 49.7 Å².